The van der Waals surface area contributed by atoms with Gasteiger partial charge in [-0.3, -0.25) is 4.90 Å². The molecule has 2 aromatic rings. The molecule has 28 heavy (non-hydrogen) atoms. The van der Waals surface area contributed by atoms with Crippen LogP contribution in [0.5, 0.6) is 0 Å². The molecule has 2 atom stereocenters. The molecule has 0 spiro atoms. The third kappa shape index (κ3) is 3.25. The first-order chi connectivity index (χ1) is 14.1. The number of fused-ring (bicyclic) bond motifs is 1. The van der Waals surface area contributed by atoms with Crippen molar-refractivity contribution in [1.82, 2.24) is 4.90 Å². The van der Waals surface area contributed by atoms with Crippen molar-refractivity contribution in [1.29, 1.82) is 0 Å². The Morgan fingerprint density at radius 2 is 1.68 bits per heavy atom. The first kappa shape index (κ1) is 17.4. The van der Waals surface area contributed by atoms with Gasteiger partial charge in [0.15, 0.2) is 0 Å². The minimum absolute atomic E-state index is 0.207. The molecule has 2 nitrogen and oxygen atoms in total. The smallest absolute Gasteiger partial charge is 0.261 e. The first-order valence-corrected chi connectivity index (χ1v) is 12.2. The number of alkyl halides is 1. The van der Waals surface area contributed by atoms with Crippen LogP contribution in [0.1, 0.15) is 42.8 Å². The van der Waals surface area contributed by atoms with Gasteiger partial charge in [-0.2, -0.15) is 0 Å². The zero-order valence-corrected chi connectivity index (χ0v) is 18.1. The van der Waals surface area contributed by atoms with Crippen LogP contribution in [0.15, 0.2) is 60.7 Å². The highest BCUT2D eigenvalue weighted by Gasteiger charge is 2.54. The fourth-order valence-electron chi connectivity index (χ4n) is 5.08. The summed E-state index contributed by atoms with van der Waals surface area (Å²) in [6, 6.07) is 20.2. The van der Waals surface area contributed by atoms with Gasteiger partial charge >= 0.3 is 0 Å². The molecule has 0 saturated carbocycles. The van der Waals surface area contributed by atoms with Gasteiger partial charge in [0.2, 0.25) is 0 Å². The molecular weight excluding hydrogens is 365 g/mol. The molecule has 2 aliphatic rings. The van der Waals surface area contributed by atoms with Crippen LogP contribution in [0.2, 0.25) is 5.04 Å². The molecule has 150 valence electrons. The molecule has 0 aromatic heterocycles. The van der Waals surface area contributed by atoms with Crippen LogP contribution in [-0.2, 0) is 4.43 Å². The summed E-state index contributed by atoms with van der Waals surface area (Å²) in [5, 5.41) is 1.77. The van der Waals surface area contributed by atoms with Crippen molar-refractivity contribution in [3.63, 3.8) is 0 Å². The van der Waals surface area contributed by atoms with Crippen molar-refractivity contribution >= 4 is 18.7 Å². The van der Waals surface area contributed by atoms with Crippen LogP contribution in [0.25, 0.3) is 0 Å². The van der Waals surface area contributed by atoms with E-state index < -0.39 is 26.6 Å². The lowest BCUT2D eigenvalue weighted by Crippen LogP contribution is -2.68. The van der Waals surface area contributed by atoms with Crippen molar-refractivity contribution < 1.29 is 11.6 Å². The average molecular weight is 400 g/mol. The van der Waals surface area contributed by atoms with Crippen LogP contribution < -0.4 is 10.4 Å². The number of hydrogen-bond donors (Lipinski definition) is 0. The van der Waals surface area contributed by atoms with E-state index in [9.17, 15) is 7.13 Å². The average Bonchev–Trinajstić information content (AvgIpc) is 3.24. The zero-order chi connectivity index (χ0) is 21.6. The van der Waals surface area contributed by atoms with Crippen molar-refractivity contribution in [2.75, 3.05) is 19.6 Å². The maximum Gasteiger partial charge on any atom is 0.261 e. The molecule has 0 aliphatic carbocycles. The second-order valence-corrected chi connectivity index (χ2v) is 13.5. The Balaban J connectivity index is 1.89. The molecule has 2 aliphatic heterocycles. The number of hydrogen-bond acceptors (Lipinski definition) is 2. The molecule has 0 unspecified atom stereocenters. The lowest BCUT2D eigenvalue weighted by molar-refractivity contribution is 0.107. The summed E-state index contributed by atoms with van der Waals surface area (Å²) in [5.41, 5.74) is -0.889. The largest absolute Gasteiger partial charge is 0.406 e. The molecular formula is C24H32FNOSi. The van der Waals surface area contributed by atoms with E-state index in [0.717, 1.165) is 23.3 Å². The van der Waals surface area contributed by atoms with Crippen molar-refractivity contribution in [3.8, 4) is 0 Å². The highest BCUT2D eigenvalue weighted by Crippen LogP contribution is 2.43. The van der Waals surface area contributed by atoms with Gasteiger partial charge in [0, 0.05) is 18.5 Å². The number of benzene rings is 2. The van der Waals surface area contributed by atoms with Crippen LogP contribution in [-0.4, -0.2) is 44.6 Å². The van der Waals surface area contributed by atoms with Gasteiger partial charge in [0.05, 0.1) is 9.30 Å². The van der Waals surface area contributed by atoms with E-state index in [-0.39, 0.29) is 11.5 Å². The van der Waals surface area contributed by atoms with Crippen molar-refractivity contribution in [2.45, 2.75) is 56.8 Å². The molecule has 2 heterocycles. The van der Waals surface area contributed by atoms with E-state index in [1.54, 1.807) is 0 Å². The topological polar surface area (TPSA) is 12.5 Å². The molecule has 0 bridgehead atoms. The SMILES string of the molecule is [2H]C([2H])(O[Si](c1ccccc1)(c1ccccc1)C(C)(C)C)[C@@]12CCCN1C[C@H](F)C2. The zero-order valence-electron chi connectivity index (χ0n) is 19.1. The van der Waals surface area contributed by atoms with Gasteiger partial charge in [0.1, 0.15) is 6.17 Å². The van der Waals surface area contributed by atoms with Gasteiger partial charge in [-0.05, 0) is 34.8 Å². The van der Waals surface area contributed by atoms with E-state index in [1.807, 2.05) is 41.3 Å². The van der Waals surface area contributed by atoms with Crippen LogP contribution >= 0.6 is 0 Å². The molecule has 2 aromatic carbocycles. The quantitative estimate of drug-likeness (QED) is 0.701. The minimum Gasteiger partial charge on any atom is -0.406 e. The van der Waals surface area contributed by atoms with Crippen LogP contribution in [0, 0.1) is 0 Å². The Labute approximate surface area is 172 Å². The minimum atomic E-state index is -3.06. The van der Waals surface area contributed by atoms with E-state index >= 15 is 0 Å². The summed E-state index contributed by atoms with van der Waals surface area (Å²) in [5.74, 6) is 0. The monoisotopic (exact) mass is 399 g/mol. The Morgan fingerprint density at radius 3 is 2.21 bits per heavy atom. The summed E-state index contributed by atoms with van der Waals surface area (Å²) < 4.78 is 39.8. The number of halogens is 1. The summed E-state index contributed by atoms with van der Waals surface area (Å²) in [6.07, 6.45) is 0.732. The lowest BCUT2D eigenvalue weighted by Gasteiger charge is -2.45. The van der Waals surface area contributed by atoms with E-state index in [2.05, 4.69) is 45.0 Å². The third-order valence-electron chi connectivity index (χ3n) is 6.41. The summed E-state index contributed by atoms with van der Waals surface area (Å²) in [6.45, 7) is 5.52. The number of nitrogens with zero attached hydrogens (tertiary/aromatic N) is 1. The standard InChI is InChI=1S/C24H32FNOSi/c1-23(2,3)28(21-11-6-4-7-12-21,22-13-8-5-9-14-22)27-19-24-15-10-16-26(24)18-20(25)17-24/h4-9,11-14,20H,10,15-19H2,1-3H3/t20-,24+/m1/s1/i19D2. The Kier molecular flexibility index (Phi) is 4.59. The van der Waals surface area contributed by atoms with Crippen LogP contribution in [0.3, 0.4) is 0 Å². The molecule has 2 saturated heterocycles. The summed E-state index contributed by atoms with van der Waals surface area (Å²) in [4.78, 5) is 2.01. The normalized spacial score (nSPS) is 27.4. The van der Waals surface area contributed by atoms with E-state index in [4.69, 9.17) is 4.43 Å². The van der Waals surface area contributed by atoms with Gasteiger partial charge in [0.25, 0.3) is 8.32 Å². The molecule has 0 amide bonds. The van der Waals surface area contributed by atoms with E-state index in [1.165, 1.54) is 0 Å². The fourth-order valence-corrected chi connectivity index (χ4v) is 9.35. The predicted octanol–water partition coefficient (Wildman–Crippen LogP) is 4.14. The van der Waals surface area contributed by atoms with Gasteiger partial charge in [-0.25, -0.2) is 4.39 Å². The van der Waals surface area contributed by atoms with E-state index in [0.29, 0.717) is 13.0 Å². The first-order valence-electron chi connectivity index (χ1n) is 11.3. The maximum atomic E-state index is 14.5. The Morgan fingerprint density at radius 1 is 1.11 bits per heavy atom. The van der Waals surface area contributed by atoms with Crippen molar-refractivity contribution in [3.05, 3.63) is 60.7 Å². The van der Waals surface area contributed by atoms with Gasteiger partial charge < -0.3 is 4.43 Å². The Hall–Kier alpha value is -1.49. The maximum absolute atomic E-state index is 14.5. The van der Waals surface area contributed by atoms with Gasteiger partial charge in [-0.1, -0.05) is 81.4 Å². The molecule has 2 fully saturated rings. The van der Waals surface area contributed by atoms with Crippen molar-refractivity contribution in [2.24, 2.45) is 0 Å². The predicted molar refractivity (Wildman–Crippen MR) is 117 cm³/mol. The molecule has 4 heteroatoms. The summed E-state index contributed by atoms with van der Waals surface area (Å²) in [7, 11) is -3.06. The van der Waals surface area contributed by atoms with Gasteiger partial charge in [-0.15, -0.1) is 0 Å². The molecule has 0 N–H and O–H groups in total. The summed E-state index contributed by atoms with van der Waals surface area (Å²) >= 11 is 0. The second kappa shape index (κ2) is 7.40. The number of rotatable bonds is 5. The highest BCUT2D eigenvalue weighted by atomic mass is 28.4. The second-order valence-electron chi connectivity index (χ2n) is 9.25. The third-order valence-corrected chi connectivity index (χ3v) is 11.2. The lowest BCUT2D eigenvalue weighted by atomic mass is 9.95. The fraction of sp³-hybridized carbons (Fsp3) is 0.500. The molecule has 4 rings (SSSR count). The Bertz CT molecular complexity index is 834. The highest BCUT2D eigenvalue weighted by molar-refractivity contribution is 6.99. The molecule has 0 radical (unpaired) electrons. The van der Waals surface area contributed by atoms with Crippen LogP contribution in [0.4, 0.5) is 4.39 Å².